The lowest BCUT2D eigenvalue weighted by Gasteiger charge is -2.38. The number of Topliss-reactive ketones (excluding diaryl/α,β-unsaturated/α-hetero) is 1. The fourth-order valence-corrected chi connectivity index (χ4v) is 1.73. The Hall–Kier alpha value is -0.330. The van der Waals surface area contributed by atoms with Gasteiger partial charge in [-0.3, -0.25) is 4.79 Å². The Kier molecular flexibility index (Phi) is 2.36. The van der Waals surface area contributed by atoms with Crippen molar-refractivity contribution in [3.63, 3.8) is 0 Å². The molecule has 0 aromatic rings. The van der Waals surface area contributed by atoms with Gasteiger partial charge >= 0.3 is 0 Å². The second kappa shape index (κ2) is 2.96. The zero-order valence-corrected chi connectivity index (χ0v) is 7.81. The molecule has 1 atom stereocenters. The first-order valence-corrected chi connectivity index (χ1v) is 4.64. The van der Waals surface area contributed by atoms with Gasteiger partial charge in [-0.15, -0.1) is 0 Å². The van der Waals surface area contributed by atoms with E-state index >= 15 is 0 Å². The Morgan fingerprint density at radius 3 is 2.36 bits per heavy atom. The van der Waals surface area contributed by atoms with Crippen LogP contribution in [0.25, 0.3) is 0 Å². The van der Waals surface area contributed by atoms with Crippen LogP contribution in [0, 0.1) is 11.3 Å². The quantitative estimate of drug-likeness (QED) is 0.611. The summed E-state index contributed by atoms with van der Waals surface area (Å²) >= 11 is 0. The largest absolute Gasteiger partial charge is 0.299 e. The van der Waals surface area contributed by atoms with Crippen LogP contribution < -0.4 is 0 Å². The van der Waals surface area contributed by atoms with Gasteiger partial charge in [0, 0.05) is 11.3 Å². The summed E-state index contributed by atoms with van der Waals surface area (Å²) in [5, 5.41) is 0. The van der Waals surface area contributed by atoms with Crippen molar-refractivity contribution < 1.29 is 4.79 Å². The molecule has 0 aromatic carbocycles. The molecule has 1 nitrogen and oxygen atoms in total. The van der Waals surface area contributed by atoms with Crippen LogP contribution in [0.5, 0.6) is 0 Å². The van der Waals surface area contributed by atoms with Crippen molar-refractivity contribution in [3.05, 3.63) is 0 Å². The molecule has 0 N–H and O–H groups in total. The van der Waals surface area contributed by atoms with E-state index in [1.165, 1.54) is 6.42 Å². The normalized spacial score (nSPS) is 23.9. The fraction of sp³-hybridized carbons (Fsp3) is 0.900. The van der Waals surface area contributed by atoms with Gasteiger partial charge in [-0.1, -0.05) is 27.2 Å². The molecular formula is C10H18O. The third-order valence-corrected chi connectivity index (χ3v) is 3.11. The van der Waals surface area contributed by atoms with Crippen molar-refractivity contribution in [1.29, 1.82) is 0 Å². The van der Waals surface area contributed by atoms with Gasteiger partial charge < -0.3 is 0 Å². The molecule has 0 saturated heterocycles. The van der Waals surface area contributed by atoms with E-state index in [0.717, 1.165) is 19.3 Å². The van der Waals surface area contributed by atoms with Crippen LogP contribution >= 0.6 is 0 Å². The standard InChI is InChI=1S/C10H18O/c1-4-8(2)9(11)10(3)6-5-7-10/h8H,4-7H2,1-3H3. The van der Waals surface area contributed by atoms with Crippen molar-refractivity contribution in [1.82, 2.24) is 0 Å². The van der Waals surface area contributed by atoms with Gasteiger partial charge in [0.15, 0.2) is 0 Å². The van der Waals surface area contributed by atoms with Crippen LogP contribution in [0.3, 0.4) is 0 Å². The molecule has 0 aliphatic heterocycles. The topological polar surface area (TPSA) is 17.1 Å². The molecule has 1 rings (SSSR count). The number of hydrogen-bond donors (Lipinski definition) is 0. The minimum absolute atomic E-state index is 0.0649. The Morgan fingerprint density at radius 1 is 1.55 bits per heavy atom. The third kappa shape index (κ3) is 1.47. The lowest BCUT2D eigenvalue weighted by Crippen LogP contribution is -2.38. The lowest BCUT2D eigenvalue weighted by atomic mass is 9.65. The van der Waals surface area contributed by atoms with E-state index in [4.69, 9.17) is 0 Å². The second-order valence-electron chi connectivity index (χ2n) is 4.09. The summed E-state index contributed by atoms with van der Waals surface area (Å²) < 4.78 is 0. The highest BCUT2D eigenvalue weighted by Crippen LogP contribution is 2.43. The molecule has 1 saturated carbocycles. The van der Waals surface area contributed by atoms with E-state index in [2.05, 4.69) is 13.8 Å². The first-order valence-electron chi connectivity index (χ1n) is 4.64. The molecule has 1 aliphatic rings. The number of carbonyl (C=O) groups excluding carboxylic acids is 1. The fourth-order valence-electron chi connectivity index (χ4n) is 1.73. The van der Waals surface area contributed by atoms with Crippen LogP contribution in [0.15, 0.2) is 0 Å². The molecule has 0 radical (unpaired) electrons. The van der Waals surface area contributed by atoms with Crippen molar-refractivity contribution in [2.24, 2.45) is 11.3 Å². The molecule has 1 heteroatoms. The van der Waals surface area contributed by atoms with E-state index in [-0.39, 0.29) is 11.3 Å². The van der Waals surface area contributed by atoms with Crippen molar-refractivity contribution in [2.75, 3.05) is 0 Å². The summed E-state index contributed by atoms with van der Waals surface area (Å²) in [6.07, 6.45) is 4.49. The summed E-state index contributed by atoms with van der Waals surface area (Å²) in [7, 11) is 0. The number of carbonyl (C=O) groups is 1. The van der Waals surface area contributed by atoms with Gasteiger partial charge in [-0.25, -0.2) is 0 Å². The molecular weight excluding hydrogens is 136 g/mol. The predicted octanol–water partition coefficient (Wildman–Crippen LogP) is 2.79. The van der Waals surface area contributed by atoms with Crippen molar-refractivity contribution in [3.8, 4) is 0 Å². The Morgan fingerprint density at radius 2 is 2.09 bits per heavy atom. The number of ketones is 1. The van der Waals surface area contributed by atoms with Gasteiger partial charge in [0.25, 0.3) is 0 Å². The first-order chi connectivity index (χ1) is 5.10. The van der Waals surface area contributed by atoms with E-state index in [1.807, 2.05) is 6.92 Å². The predicted molar refractivity (Wildman–Crippen MR) is 46.4 cm³/mol. The average molecular weight is 154 g/mol. The second-order valence-corrected chi connectivity index (χ2v) is 4.09. The smallest absolute Gasteiger partial charge is 0.141 e. The van der Waals surface area contributed by atoms with Crippen LogP contribution in [-0.2, 0) is 4.79 Å². The Balaban J connectivity index is 2.52. The van der Waals surface area contributed by atoms with Crippen LogP contribution in [0.1, 0.15) is 46.5 Å². The maximum Gasteiger partial charge on any atom is 0.141 e. The highest BCUT2D eigenvalue weighted by atomic mass is 16.1. The summed E-state index contributed by atoms with van der Waals surface area (Å²) in [5.41, 5.74) is 0.0649. The monoisotopic (exact) mass is 154 g/mol. The van der Waals surface area contributed by atoms with Crippen molar-refractivity contribution >= 4 is 5.78 Å². The SMILES string of the molecule is CCC(C)C(=O)C1(C)CCC1. The van der Waals surface area contributed by atoms with Crippen LogP contribution in [0.2, 0.25) is 0 Å². The molecule has 0 amide bonds. The maximum atomic E-state index is 11.7. The zero-order valence-electron chi connectivity index (χ0n) is 7.81. The van der Waals surface area contributed by atoms with Gasteiger partial charge in [-0.2, -0.15) is 0 Å². The molecule has 1 fully saturated rings. The number of hydrogen-bond acceptors (Lipinski definition) is 1. The van der Waals surface area contributed by atoms with E-state index in [1.54, 1.807) is 0 Å². The molecule has 1 aliphatic carbocycles. The molecule has 64 valence electrons. The van der Waals surface area contributed by atoms with Crippen molar-refractivity contribution in [2.45, 2.75) is 46.5 Å². The minimum Gasteiger partial charge on any atom is -0.299 e. The summed E-state index contributed by atoms with van der Waals surface area (Å²) in [6, 6.07) is 0. The molecule has 11 heavy (non-hydrogen) atoms. The third-order valence-electron chi connectivity index (χ3n) is 3.11. The minimum atomic E-state index is 0.0649. The van der Waals surface area contributed by atoms with Crippen LogP contribution in [0.4, 0.5) is 0 Å². The Bertz CT molecular complexity index is 156. The first kappa shape index (κ1) is 8.76. The lowest BCUT2D eigenvalue weighted by molar-refractivity contribution is -0.136. The highest BCUT2D eigenvalue weighted by Gasteiger charge is 2.40. The molecule has 1 unspecified atom stereocenters. The van der Waals surface area contributed by atoms with Crippen LogP contribution in [-0.4, -0.2) is 5.78 Å². The zero-order chi connectivity index (χ0) is 8.48. The van der Waals surface area contributed by atoms with Gasteiger partial charge in [0.05, 0.1) is 0 Å². The van der Waals surface area contributed by atoms with Gasteiger partial charge in [-0.05, 0) is 19.3 Å². The van der Waals surface area contributed by atoms with E-state index in [0.29, 0.717) is 5.78 Å². The summed E-state index contributed by atoms with van der Waals surface area (Å²) in [5.74, 6) is 0.770. The van der Waals surface area contributed by atoms with E-state index in [9.17, 15) is 4.79 Å². The van der Waals surface area contributed by atoms with Gasteiger partial charge in [0.2, 0.25) is 0 Å². The maximum absolute atomic E-state index is 11.7. The summed E-state index contributed by atoms with van der Waals surface area (Å²) in [4.78, 5) is 11.7. The van der Waals surface area contributed by atoms with E-state index < -0.39 is 0 Å². The molecule has 0 aromatic heterocycles. The molecule has 0 spiro atoms. The highest BCUT2D eigenvalue weighted by molar-refractivity contribution is 5.87. The van der Waals surface area contributed by atoms with Gasteiger partial charge in [0.1, 0.15) is 5.78 Å². The Labute approximate surface area is 69.2 Å². The number of rotatable bonds is 3. The average Bonchev–Trinajstić information content (AvgIpc) is 1.97. The molecule has 0 heterocycles. The summed E-state index contributed by atoms with van der Waals surface area (Å²) in [6.45, 7) is 6.25. The molecule has 0 bridgehead atoms.